The first-order chi connectivity index (χ1) is 16.2. The average molecular weight is 448 g/mol. The Bertz CT molecular complexity index is 1140. The SMILES string of the molecule is COc1ccc(Nc2nccc(N3CCC(NC(=O)Nc4ccc5c(c4)OCO5)C3)n2)cc1. The van der Waals surface area contributed by atoms with Gasteiger partial charge in [0.2, 0.25) is 12.7 Å². The molecule has 3 N–H and O–H groups in total. The minimum atomic E-state index is -0.259. The second-order valence-electron chi connectivity index (χ2n) is 7.69. The molecule has 3 heterocycles. The van der Waals surface area contributed by atoms with Crippen LogP contribution >= 0.6 is 0 Å². The summed E-state index contributed by atoms with van der Waals surface area (Å²) in [4.78, 5) is 23.5. The highest BCUT2D eigenvalue weighted by Gasteiger charge is 2.25. The summed E-state index contributed by atoms with van der Waals surface area (Å²) in [7, 11) is 1.63. The zero-order valence-corrected chi connectivity index (χ0v) is 18.1. The van der Waals surface area contributed by atoms with Crippen molar-refractivity contribution in [2.24, 2.45) is 0 Å². The summed E-state index contributed by atoms with van der Waals surface area (Å²) < 4.78 is 15.8. The lowest BCUT2D eigenvalue weighted by atomic mass is 10.2. The lowest BCUT2D eigenvalue weighted by Crippen LogP contribution is -2.39. The number of aromatic nitrogens is 2. The molecular weight excluding hydrogens is 424 g/mol. The first kappa shape index (κ1) is 20.7. The average Bonchev–Trinajstić information content (AvgIpc) is 3.49. The molecule has 1 unspecified atom stereocenters. The number of benzene rings is 2. The van der Waals surface area contributed by atoms with Gasteiger partial charge in [-0.2, -0.15) is 4.98 Å². The van der Waals surface area contributed by atoms with E-state index in [1.165, 1.54) is 0 Å². The van der Waals surface area contributed by atoms with Crippen molar-refractivity contribution in [3.63, 3.8) is 0 Å². The van der Waals surface area contributed by atoms with Gasteiger partial charge in [0.25, 0.3) is 0 Å². The standard InChI is InChI=1S/C23H24N6O4/c1-31-18-5-2-15(3-6-18)25-22-24-10-8-21(28-22)29-11-9-17(13-29)27-23(30)26-16-4-7-19-20(12-16)33-14-32-19/h2-8,10,12,17H,9,11,13-14H2,1H3,(H,24,25,28)(H2,26,27,30). The lowest BCUT2D eigenvalue weighted by molar-refractivity contribution is 0.174. The van der Waals surface area contributed by atoms with Crippen LogP contribution in [0.1, 0.15) is 6.42 Å². The number of methoxy groups -OCH3 is 1. The first-order valence-corrected chi connectivity index (χ1v) is 10.6. The highest BCUT2D eigenvalue weighted by Crippen LogP contribution is 2.34. The van der Waals surface area contributed by atoms with Gasteiger partial charge in [-0.1, -0.05) is 0 Å². The summed E-state index contributed by atoms with van der Waals surface area (Å²) in [5.41, 5.74) is 1.52. The Kier molecular flexibility index (Phi) is 5.71. The van der Waals surface area contributed by atoms with E-state index < -0.39 is 0 Å². The molecule has 10 nitrogen and oxygen atoms in total. The molecule has 1 atom stereocenters. The number of anilines is 4. The van der Waals surface area contributed by atoms with Gasteiger partial charge in [-0.15, -0.1) is 0 Å². The fourth-order valence-electron chi connectivity index (χ4n) is 3.80. The fourth-order valence-corrected chi connectivity index (χ4v) is 3.80. The highest BCUT2D eigenvalue weighted by atomic mass is 16.7. The maximum absolute atomic E-state index is 12.5. The second kappa shape index (κ2) is 9.11. The molecule has 1 fully saturated rings. The first-order valence-electron chi connectivity index (χ1n) is 10.6. The quantitative estimate of drug-likeness (QED) is 0.527. The molecule has 33 heavy (non-hydrogen) atoms. The molecule has 2 aromatic carbocycles. The van der Waals surface area contributed by atoms with E-state index in [1.54, 1.807) is 31.5 Å². The van der Waals surface area contributed by atoms with Gasteiger partial charge in [0, 0.05) is 42.8 Å². The summed E-state index contributed by atoms with van der Waals surface area (Å²) in [6.45, 7) is 1.64. The van der Waals surface area contributed by atoms with Crippen LogP contribution in [0.25, 0.3) is 0 Å². The Morgan fingerprint density at radius 1 is 1.09 bits per heavy atom. The Hall–Kier alpha value is -4.21. The Balaban J connectivity index is 1.16. The van der Waals surface area contributed by atoms with Crippen LogP contribution in [0, 0.1) is 0 Å². The molecule has 0 bridgehead atoms. The number of ether oxygens (including phenoxy) is 3. The zero-order chi connectivity index (χ0) is 22.6. The number of carbonyl (C=O) groups excluding carboxylic acids is 1. The van der Waals surface area contributed by atoms with Crippen molar-refractivity contribution in [2.45, 2.75) is 12.5 Å². The van der Waals surface area contributed by atoms with Gasteiger partial charge in [-0.25, -0.2) is 9.78 Å². The Morgan fingerprint density at radius 3 is 2.76 bits per heavy atom. The van der Waals surface area contributed by atoms with Gasteiger partial charge in [-0.05, 0) is 48.9 Å². The molecule has 3 aromatic rings. The highest BCUT2D eigenvalue weighted by molar-refractivity contribution is 5.90. The minimum Gasteiger partial charge on any atom is -0.497 e. The van der Waals surface area contributed by atoms with Crippen LogP contribution in [0.4, 0.5) is 27.9 Å². The summed E-state index contributed by atoms with van der Waals surface area (Å²) in [6, 6.07) is 14.5. The largest absolute Gasteiger partial charge is 0.497 e. The number of carbonyl (C=O) groups is 1. The zero-order valence-electron chi connectivity index (χ0n) is 18.1. The lowest BCUT2D eigenvalue weighted by Gasteiger charge is -2.19. The van der Waals surface area contributed by atoms with Gasteiger partial charge in [0.05, 0.1) is 7.11 Å². The van der Waals surface area contributed by atoms with E-state index in [0.29, 0.717) is 29.7 Å². The van der Waals surface area contributed by atoms with Crippen LogP contribution in [-0.2, 0) is 0 Å². The normalized spacial score (nSPS) is 16.4. The second-order valence-corrected chi connectivity index (χ2v) is 7.69. The predicted molar refractivity (Wildman–Crippen MR) is 124 cm³/mol. The summed E-state index contributed by atoms with van der Waals surface area (Å²) in [6.07, 6.45) is 2.54. The third-order valence-corrected chi connectivity index (χ3v) is 5.46. The van der Waals surface area contributed by atoms with Gasteiger partial charge in [-0.3, -0.25) is 0 Å². The molecule has 0 aliphatic carbocycles. The molecule has 1 aromatic heterocycles. The number of hydrogen-bond donors (Lipinski definition) is 3. The van der Waals surface area contributed by atoms with E-state index in [0.717, 1.165) is 30.2 Å². The number of nitrogens with zero attached hydrogens (tertiary/aromatic N) is 3. The van der Waals surface area contributed by atoms with Crippen molar-refractivity contribution in [2.75, 3.05) is 42.5 Å². The monoisotopic (exact) mass is 448 g/mol. The van der Waals surface area contributed by atoms with E-state index in [4.69, 9.17) is 14.2 Å². The van der Waals surface area contributed by atoms with E-state index >= 15 is 0 Å². The smallest absolute Gasteiger partial charge is 0.319 e. The molecule has 0 spiro atoms. The van der Waals surface area contributed by atoms with Crippen LogP contribution in [-0.4, -0.2) is 49.0 Å². The van der Waals surface area contributed by atoms with E-state index in [9.17, 15) is 4.79 Å². The van der Waals surface area contributed by atoms with E-state index in [-0.39, 0.29) is 18.9 Å². The molecule has 1 saturated heterocycles. The van der Waals surface area contributed by atoms with Gasteiger partial charge in [0.1, 0.15) is 11.6 Å². The molecular formula is C23H24N6O4. The van der Waals surface area contributed by atoms with Crippen molar-refractivity contribution < 1.29 is 19.0 Å². The predicted octanol–water partition coefficient (Wildman–Crippen LogP) is 3.36. The van der Waals surface area contributed by atoms with Gasteiger partial charge >= 0.3 is 6.03 Å². The van der Waals surface area contributed by atoms with Crippen LogP contribution in [0.3, 0.4) is 0 Å². The number of rotatable bonds is 6. The van der Waals surface area contributed by atoms with Crippen LogP contribution in [0.15, 0.2) is 54.7 Å². The number of hydrogen-bond acceptors (Lipinski definition) is 8. The Labute approximate surface area is 190 Å². The van der Waals surface area contributed by atoms with Crippen LogP contribution in [0.2, 0.25) is 0 Å². The van der Waals surface area contributed by atoms with E-state index in [2.05, 4.69) is 30.8 Å². The fraction of sp³-hybridized carbons (Fsp3) is 0.261. The summed E-state index contributed by atoms with van der Waals surface area (Å²) >= 11 is 0. The molecule has 0 saturated carbocycles. The number of nitrogens with one attached hydrogen (secondary N) is 3. The Morgan fingerprint density at radius 2 is 1.91 bits per heavy atom. The third kappa shape index (κ3) is 4.84. The van der Waals surface area contributed by atoms with Crippen molar-refractivity contribution >= 4 is 29.2 Å². The third-order valence-electron chi connectivity index (χ3n) is 5.46. The molecule has 2 aliphatic rings. The molecule has 10 heteroatoms. The number of fused-ring (bicyclic) bond motifs is 1. The summed E-state index contributed by atoms with van der Waals surface area (Å²) in [5, 5.41) is 9.08. The molecule has 0 radical (unpaired) electrons. The minimum absolute atomic E-state index is 0.00646. The number of amides is 2. The van der Waals surface area contributed by atoms with Crippen molar-refractivity contribution in [1.82, 2.24) is 15.3 Å². The molecule has 2 aliphatic heterocycles. The van der Waals surface area contributed by atoms with Gasteiger partial charge < -0.3 is 35.1 Å². The van der Waals surface area contributed by atoms with Crippen LogP contribution < -0.4 is 35.1 Å². The molecule has 5 rings (SSSR count). The number of urea groups is 1. The molecule has 2 amide bonds. The summed E-state index contributed by atoms with van der Waals surface area (Å²) in [5.74, 6) is 3.41. The van der Waals surface area contributed by atoms with Crippen molar-refractivity contribution in [3.05, 3.63) is 54.7 Å². The maximum Gasteiger partial charge on any atom is 0.319 e. The van der Waals surface area contributed by atoms with Crippen molar-refractivity contribution in [1.29, 1.82) is 0 Å². The van der Waals surface area contributed by atoms with Crippen molar-refractivity contribution in [3.8, 4) is 17.2 Å². The molecule has 170 valence electrons. The van der Waals surface area contributed by atoms with E-state index in [1.807, 2.05) is 30.3 Å². The topological polar surface area (TPSA) is 110 Å². The van der Waals surface area contributed by atoms with Crippen LogP contribution in [0.5, 0.6) is 17.2 Å². The maximum atomic E-state index is 12.5. The van der Waals surface area contributed by atoms with Gasteiger partial charge in [0.15, 0.2) is 11.5 Å².